The van der Waals surface area contributed by atoms with Gasteiger partial charge in [-0.15, -0.1) is 0 Å². The Bertz CT molecular complexity index is 899. The molecular weight excluding hydrogens is 440 g/mol. The number of ketones is 1. The van der Waals surface area contributed by atoms with Crippen LogP contribution in [0.4, 0.5) is 0 Å². The molecule has 200 valence electrons. The minimum Gasteiger partial charge on any atom is -0.392 e. The average molecular weight is 491 g/mol. The van der Waals surface area contributed by atoms with E-state index in [-0.39, 0.29) is 33.5 Å². The smallest absolute Gasteiger partial charge is 0.138 e. The number of rotatable bonds is 5. The maximum Gasteiger partial charge on any atom is 0.138 e. The Kier molecular flexibility index (Phi) is 6.53. The molecular formula is C30H50O5. The molecule has 3 saturated carbocycles. The number of hydrogen-bond donors (Lipinski definition) is 4. The van der Waals surface area contributed by atoms with Gasteiger partial charge >= 0.3 is 0 Å². The van der Waals surface area contributed by atoms with Gasteiger partial charge in [0.25, 0.3) is 0 Å². The Hall–Kier alpha value is -0.750. The van der Waals surface area contributed by atoms with E-state index in [0.29, 0.717) is 31.0 Å². The van der Waals surface area contributed by atoms with Crippen LogP contribution in [0.25, 0.3) is 0 Å². The second-order valence-electron chi connectivity index (χ2n) is 14.5. The molecule has 0 saturated heterocycles. The van der Waals surface area contributed by atoms with Crippen molar-refractivity contribution >= 4 is 5.78 Å². The Morgan fingerprint density at radius 2 is 1.66 bits per heavy atom. The van der Waals surface area contributed by atoms with Crippen LogP contribution in [0.3, 0.4) is 0 Å². The molecule has 0 bridgehead atoms. The molecule has 0 aromatic heterocycles. The van der Waals surface area contributed by atoms with Gasteiger partial charge in [-0.2, -0.15) is 0 Å². The van der Waals surface area contributed by atoms with E-state index in [1.54, 1.807) is 0 Å². The van der Waals surface area contributed by atoms with E-state index in [2.05, 4.69) is 41.5 Å². The number of Topliss-reactive ketones (excluding diaryl/α,β-unsaturated/α-hetero) is 1. The largest absolute Gasteiger partial charge is 0.392 e. The van der Waals surface area contributed by atoms with Crippen LogP contribution in [0.5, 0.6) is 0 Å². The normalized spacial score (nSPS) is 43.8. The molecule has 0 spiro atoms. The summed E-state index contributed by atoms with van der Waals surface area (Å²) in [5, 5.41) is 43.0. The first-order valence-electron chi connectivity index (χ1n) is 13.9. The minimum absolute atomic E-state index is 0.0140. The van der Waals surface area contributed by atoms with Crippen LogP contribution in [0.15, 0.2) is 11.1 Å². The summed E-state index contributed by atoms with van der Waals surface area (Å²) in [5.41, 5.74) is 0.895. The molecule has 35 heavy (non-hydrogen) atoms. The van der Waals surface area contributed by atoms with Gasteiger partial charge in [0.15, 0.2) is 0 Å². The van der Waals surface area contributed by atoms with Gasteiger partial charge in [-0.1, -0.05) is 52.7 Å². The number of aliphatic hydroxyl groups is 4. The molecule has 0 radical (unpaired) electrons. The highest BCUT2D eigenvalue weighted by atomic mass is 16.4. The van der Waals surface area contributed by atoms with Gasteiger partial charge < -0.3 is 20.4 Å². The molecule has 0 heterocycles. The monoisotopic (exact) mass is 490 g/mol. The lowest BCUT2D eigenvalue weighted by Crippen LogP contribution is -2.65. The highest BCUT2D eigenvalue weighted by Crippen LogP contribution is 2.74. The van der Waals surface area contributed by atoms with Gasteiger partial charge in [0.2, 0.25) is 0 Å². The van der Waals surface area contributed by atoms with Crippen LogP contribution in [-0.2, 0) is 4.79 Å². The number of carbonyl (C=O) groups is 1. The third-order valence-corrected chi connectivity index (χ3v) is 11.9. The van der Waals surface area contributed by atoms with Crippen molar-refractivity contribution < 1.29 is 25.2 Å². The molecule has 0 aliphatic heterocycles. The highest BCUT2D eigenvalue weighted by Gasteiger charge is 2.69. The van der Waals surface area contributed by atoms with Crippen LogP contribution >= 0.6 is 0 Å². The molecule has 0 aromatic rings. The zero-order valence-corrected chi connectivity index (χ0v) is 23.3. The number of aliphatic hydroxyl groups excluding tert-OH is 3. The number of allylic oxidation sites excluding steroid dienone is 1. The Balaban J connectivity index is 1.68. The van der Waals surface area contributed by atoms with Crippen molar-refractivity contribution in [3.05, 3.63) is 11.1 Å². The van der Waals surface area contributed by atoms with Crippen molar-refractivity contribution in [2.24, 2.45) is 39.4 Å². The van der Waals surface area contributed by atoms with E-state index in [4.69, 9.17) is 0 Å². The number of carbonyl (C=O) groups excluding carboxylic acids is 1. The van der Waals surface area contributed by atoms with Gasteiger partial charge in [-0.05, 0) is 92.8 Å². The zero-order valence-electron chi connectivity index (χ0n) is 23.3. The topological polar surface area (TPSA) is 98.0 Å². The van der Waals surface area contributed by atoms with Crippen molar-refractivity contribution in [3.63, 3.8) is 0 Å². The number of fused-ring (bicyclic) bond motifs is 5. The molecule has 4 aliphatic rings. The van der Waals surface area contributed by atoms with E-state index >= 15 is 0 Å². The molecule has 0 unspecified atom stereocenters. The summed E-state index contributed by atoms with van der Waals surface area (Å²) in [6.07, 6.45) is 3.96. The summed E-state index contributed by atoms with van der Waals surface area (Å²) in [7, 11) is 0. The van der Waals surface area contributed by atoms with Crippen molar-refractivity contribution in [2.75, 3.05) is 0 Å². The SMILES string of the molecule is C[C@H](C[C@@H](O)[C@H](O)C(C)(C)O)C1=C2C[C@H](O)[C@H]3[C@@]4(C)CCC(=O)C(C)(C)[C@H]4CC[C@]3(C)[C@@]2(C)CC1. The maximum atomic E-state index is 12.9. The quantitative estimate of drug-likeness (QED) is 0.415. The summed E-state index contributed by atoms with van der Waals surface area (Å²) in [5.74, 6) is 0.914. The van der Waals surface area contributed by atoms with Crippen LogP contribution < -0.4 is 0 Å². The van der Waals surface area contributed by atoms with E-state index in [1.165, 1.54) is 25.0 Å². The van der Waals surface area contributed by atoms with Crippen LogP contribution in [0, 0.1) is 39.4 Å². The second-order valence-corrected chi connectivity index (χ2v) is 14.5. The fraction of sp³-hybridized carbons (Fsp3) is 0.900. The van der Waals surface area contributed by atoms with Gasteiger partial charge in [-0.25, -0.2) is 0 Å². The van der Waals surface area contributed by atoms with Gasteiger partial charge in [-0.3, -0.25) is 4.79 Å². The predicted octanol–water partition coefficient (Wildman–Crippen LogP) is 4.79. The first-order chi connectivity index (χ1) is 15.9. The van der Waals surface area contributed by atoms with Gasteiger partial charge in [0.05, 0.1) is 17.8 Å². The molecule has 4 N–H and O–H groups in total. The van der Waals surface area contributed by atoms with Crippen molar-refractivity contribution in [2.45, 2.75) is 131 Å². The minimum atomic E-state index is -1.36. The first kappa shape index (κ1) is 27.3. The number of hydrogen-bond acceptors (Lipinski definition) is 5. The Morgan fingerprint density at radius 3 is 2.26 bits per heavy atom. The van der Waals surface area contributed by atoms with Crippen LogP contribution in [-0.4, -0.2) is 50.1 Å². The van der Waals surface area contributed by atoms with Gasteiger partial charge in [0, 0.05) is 11.8 Å². The molecule has 3 fully saturated rings. The lowest BCUT2D eigenvalue weighted by atomic mass is 9.36. The fourth-order valence-electron chi connectivity index (χ4n) is 9.77. The standard InChI is InChI=1S/C30H50O5/c1-17(15-21(32)25(34)27(4,5)35)18-9-13-29(7)19(18)16-20(31)24-28(6)12-11-23(33)26(2,3)22(28)10-14-30(24,29)8/h17,20-22,24-25,31-32,34-35H,9-16H2,1-8H3/t17-,20+,21-,22-,24+,25+,28+,29+,30+/m1/s1. The summed E-state index contributed by atoms with van der Waals surface area (Å²) in [4.78, 5) is 12.9. The zero-order chi connectivity index (χ0) is 26.4. The van der Waals surface area contributed by atoms with Crippen molar-refractivity contribution in [3.8, 4) is 0 Å². The predicted molar refractivity (Wildman–Crippen MR) is 138 cm³/mol. The molecule has 4 rings (SSSR count). The third kappa shape index (κ3) is 3.82. The molecule has 5 heteroatoms. The average Bonchev–Trinajstić information content (AvgIpc) is 3.07. The Labute approximate surface area is 212 Å². The van der Waals surface area contributed by atoms with Crippen LogP contribution in [0.1, 0.15) is 107 Å². The van der Waals surface area contributed by atoms with Crippen LogP contribution in [0.2, 0.25) is 0 Å². The summed E-state index contributed by atoms with van der Waals surface area (Å²) < 4.78 is 0. The molecule has 5 nitrogen and oxygen atoms in total. The lowest BCUT2D eigenvalue weighted by Gasteiger charge is -2.69. The Morgan fingerprint density at radius 1 is 1.03 bits per heavy atom. The van der Waals surface area contributed by atoms with E-state index < -0.39 is 23.9 Å². The third-order valence-electron chi connectivity index (χ3n) is 11.9. The fourth-order valence-corrected chi connectivity index (χ4v) is 9.77. The second kappa shape index (κ2) is 8.38. The van der Waals surface area contributed by atoms with Crippen molar-refractivity contribution in [1.82, 2.24) is 0 Å². The van der Waals surface area contributed by atoms with E-state index in [0.717, 1.165) is 32.1 Å². The lowest BCUT2D eigenvalue weighted by molar-refractivity contribution is -0.208. The summed E-state index contributed by atoms with van der Waals surface area (Å²) >= 11 is 0. The summed E-state index contributed by atoms with van der Waals surface area (Å²) in [6.45, 7) is 16.6. The maximum absolute atomic E-state index is 12.9. The van der Waals surface area contributed by atoms with E-state index in [9.17, 15) is 25.2 Å². The molecule has 0 amide bonds. The highest BCUT2D eigenvalue weighted by molar-refractivity contribution is 5.85. The summed E-state index contributed by atoms with van der Waals surface area (Å²) in [6, 6.07) is 0. The first-order valence-corrected chi connectivity index (χ1v) is 13.9. The molecule has 4 aliphatic carbocycles. The van der Waals surface area contributed by atoms with E-state index in [1.807, 2.05) is 0 Å². The van der Waals surface area contributed by atoms with Crippen molar-refractivity contribution in [1.29, 1.82) is 0 Å². The molecule has 0 aromatic carbocycles. The molecule has 9 atom stereocenters. The van der Waals surface area contributed by atoms with Gasteiger partial charge in [0.1, 0.15) is 11.9 Å².